The van der Waals surface area contributed by atoms with Gasteiger partial charge in [-0.25, -0.2) is 0 Å². The van der Waals surface area contributed by atoms with Gasteiger partial charge >= 0.3 is 0 Å². The summed E-state index contributed by atoms with van der Waals surface area (Å²) >= 11 is 1.78. The predicted octanol–water partition coefficient (Wildman–Crippen LogP) is 2.29. The SMILES string of the molecule is CC1OCCC1SCc1ccc(NN)c([N+](=O)[O-])c1. The Morgan fingerprint density at radius 2 is 2.42 bits per heavy atom. The zero-order chi connectivity index (χ0) is 13.8. The van der Waals surface area contributed by atoms with E-state index in [1.807, 2.05) is 6.07 Å². The fourth-order valence-corrected chi connectivity index (χ4v) is 3.27. The zero-order valence-corrected chi connectivity index (χ0v) is 11.5. The van der Waals surface area contributed by atoms with E-state index >= 15 is 0 Å². The Labute approximate surface area is 115 Å². The standard InChI is InChI=1S/C12H17N3O3S/c1-8-12(4-5-18-8)19-7-9-2-3-10(14-13)11(6-9)15(16)17/h2-3,6,8,12,14H,4-5,7,13H2,1H3. The number of ether oxygens (including phenoxy) is 1. The van der Waals surface area contributed by atoms with Crippen LogP contribution in [0, 0.1) is 10.1 Å². The highest BCUT2D eigenvalue weighted by Gasteiger charge is 2.24. The molecule has 104 valence electrons. The maximum atomic E-state index is 10.9. The van der Waals surface area contributed by atoms with E-state index in [1.165, 1.54) is 0 Å². The minimum atomic E-state index is -0.426. The molecule has 1 aromatic rings. The molecule has 0 bridgehead atoms. The molecular formula is C12H17N3O3S. The molecule has 7 heteroatoms. The third kappa shape index (κ3) is 3.37. The first kappa shape index (κ1) is 14.1. The largest absolute Gasteiger partial charge is 0.377 e. The van der Waals surface area contributed by atoms with Gasteiger partial charge in [-0.3, -0.25) is 16.0 Å². The molecule has 6 nitrogen and oxygen atoms in total. The third-order valence-electron chi connectivity index (χ3n) is 3.19. The normalized spacial score (nSPS) is 22.4. The van der Waals surface area contributed by atoms with Gasteiger partial charge in [-0.1, -0.05) is 6.07 Å². The van der Waals surface area contributed by atoms with Gasteiger partial charge in [0.25, 0.3) is 5.69 Å². The van der Waals surface area contributed by atoms with Crippen LogP contribution in [-0.2, 0) is 10.5 Å². The number of nitrogens with zero attached hydrogens (tertiary/aromatic N) is 1. The summed E-state index contributed by atoms with van der Waals surface area (Å²) < 4.78 is 5.50. The second-order valence-corrected chi connectivity index (χ2v) is 5.69. The molecule has 0 saturated carbocycles. The van der Waals surface area contributed by atoms with Crippen molar-refractivity contribution in [1.29, 1.82) is 0 Å². The molecule has 0 aromatic heterocycles. The van der Waals surface area contributed by atoms with E-state index < -0.39 is 4.92 Å². The van der Waals surface area contributed by atoms with Crippen molar-refractivity contribution in [3.05, 3.63) is 33.9 Å². The molecule has 2 unspecified atom stereocenters. The van der Waals surface area contributed by atoms with Gasteiger partial charge in [0.15, 0.2) is 0 Å². The maximum absolute atomic E-state index is 10.9. The number of rotatable bonds is 5. The first-order valence-electron chi connectivity index (χ1n) is 6.09. The van der Waals surface area contributed by atoms with Crippen LogP contribution in [-0.4, -0.2) is 22.9 Å². The van der Waals surface area contributed by atoms with Crippen LogP contribution in [0.4, 0.5) is 11.4 Å². The van der Waals surface area contributed by atoms with Crippen molar-refractivity contribution < 1.29 is 9.66 Å². The Morgan fingerprint density at radius 3 is 3.00 bits per heavy atom. The van der Waals surface area contributed by atoms with Crippen LogP contribution < -0.4 is 11.3 Å². The molecule has 1 heterocycles. The number of nitrogens with two attached hydrogens (primary N) is 1. The lowest BCUT2D eigenvalue weighted by Gasteiger charge is -2.13. The Kier molecular flexibility index (Phi) is 4.62. The average Bonchev–Trinajstić information content (AvgIpc) is 2.81. The lowest BCUT2D eigenvalue weighted by molar-refractivity contribution is -0.384. The fraction of sp³-hybridized carbons (Fsp3) is 0.500. The number of hydrogen-bond acceptors (Lipinski definition) is 6. The minimum Gasteiger partial charge on any atom is -0.377 e. The van der Waals surface area contributed by atoms with Crippen molar-refractivity contribution in [2.75, 3.05) is 12.0 Å². The quantitative estimate of drug-likeness (QED) is 0.489. The van der Waals surface area contributed by atoms with Gasteiger partial charge in [-0.2, -0.15) is 11.8 Å². The number of hydrazine groups is 1. The highest BCUT2D eigenvalue weighted by Crippen LogP contribution is 2.31. The summed E-state index contributed by atoms with van der Waals surface area (Å²) in [6, 6.07) is 5.07. The predicted molar refractivity (Wildman–Crippen MR) is 76.0 cm³/mol. The molecule has 19 heavy (non-hydrogen) atoms. The molecule has 1 fully saturated rings. The van der Waals surface area contributed by atoms with E-state index in [-0.39, 0.29) is 11.8 Å². The maximum Gasteiger partial charge on any atom is 0.293 e. The van der Waals surface area contributed by atoms with Gasteiger partial charge < -0.3 is 10.2 Å². The number of nitro groups is 1. The van der Waals surface area contributed by atoms with Gasteiger partial charge in [0.2, 0.25) is 0 Å². The average molecular weight is 283 g/mol. The van der Waals surface area contributed by atoms with E-state index in [4.69, 9.17) is 10.6 Å². The van der Waals surface area contributed by atoms with Crippen LogP contribution in [0.1, 0.15) is 18.9 Å². The van der Waals surface area contributed by atoms with Crippen LogP contribution >= 0.6 is 11.8 Å². The second-order valence-electron chi connectivity index (χ2n) is 4.47. The Hall–Kier alpha value is -1.31. The second kappa shape index (κ2) is 6.23. The van der Waals surface area contributed by atoms with Crippen LogP contribution in [0.3, 0.4) is 0 Å². The monoisotopic (exact) mass is 283 g/mol. The number of nitro benzene ring substituents is 1. The van der Waals surface area contributed by atoms with Gasteiger partial charge in [-0.15, -0.1) is 0 Å². The lowest BCUT2D eigenvalue weighted by Crippen LogP contribution is -2.13. The molecule has 0 spiro atoms. The molecule has 0 aliphatic carbocycles. The fourth-order valence-electron chi connectivity index (χ4n) is 2.07. The van der Waals surface area contributed by atoms with Crippen LogP contribution in [0.2, 0.25) is 0 Å². The van der Waals surface area contributed by atoms with Crippen molar-refractivity contribution >= 4 is 23.1 Å². The van der Waals surface area contributed by atoms with E-state index in [0.717, 1.165) is 24.3 Å². The smallest absolute Gasteiger partial charge is 0.293 e. The molecule has 0 radical (unpaired) electrons. The molecule has 1 saturated heterocycles. The van der Waals surface area contributed by atoms with Crippen LogP contribution in [0.25, 0.3) is 0 Å². The van der Waals surface area contributed by atoms with Crippen molar-refractivity contribution in [3.8, 4) is 0 Å². The summed E-state index contributed by atoms with van der Waals surface area (Å²) in [4.78, 5) is 10.5. The summed E-state index contributed by atoms with van der Waals surface area (Å²) in [5, 5.41) is 11.4. The number of nitrogen functional groups attached to an aromatic ring is 1. The number of thioether (sulfide) groups is 1. The Morgan fingerprint density at radius 1 is 1.63 bits per heavy atom. The zero-order valence-electron chi connectivity index (χ0n) is 10.7. The topological polar surface area (TPSA) is 90.4 Å². The van der Waals surface area contributed by atoms with E-state index in [1.54, 1.807) is 23.9 Å². The summed E-state index contributed by atoms with van der Waals surface area (Å²) in [5.41, 5.74) is 3.61. The highest BCUT2D eigenvalue weighted by atomic mass is 32.2. The molecular weight excluding hydrogens is 266 g/mol. The molecule has 2 atom stereocenters. The van der Waals surface area contributed by atoms with Gasteiger partial charge in [-0.05, 0) is 25.0 Å². The number of hydrogen-bond donors (Lipinski definition) is 2. The van der Waals surface area contributed by atoms with Crippen molar-refractivity contribution in [2.24, 2.45) is 5.84 Å². The molecule has 1 aromatic carbocycles. The van der Waals surface area contributed by atoms with Gasteiger partial charge in [0.1, 0.15) is 5.69 Å². The molecule has 3 N–H and O–H groups in total. The summed E-state index contributed by atoms with van der Waals surface area (Å²) in [6.07, 6.45) is 1.29. The van der Waals surface area contributed by atoms with Gasteiger partial charge in [0, 0.05) is 23.7 Å². The number of anilines is 1. The first-order valence-corrected chi connectivity index (χ1v) is 7.14. The summed E-state index contributed by atoms with van der Waals surface area (Å²) in [5.74, 6) is 5.99. The summed E-state index contributed by atoms with van der Waals surface area (Å²) in [7, 11) is 0. The molecule has 2 rings (SSSR count). The number of benzene rings is 1. The molecule has 1 aliphatic rings. The van der Waals surface area contributed by atoms with Gasteiger partial charge in [0.05, 0.1) is 11.0 Å². The van der Waals surface area contributed by atoms with Crippen LogP contribution in [0.15, 0.2) is 18.2 Å². The number of nitrogens with one attached hydrogen (secondary N) is 1. The third-order valence-corrected chi connectivity index (χ3v) is 4.73. The van der Waals surface area contributed by atoms with E-state index in [9.17, 15) is 10.1 Å². The van der Waals surface area contributed by atoms with Crippen molar-refractivity contribution in [3.63, 3.8) is 0 Å². The first-order chi connectivity index (χ1) is 9.11. The Balaban J connectivity index is 2.04. The molecule has 0 amide bonds. The molecule has 1 aliphatic heterocycles. The highest BCUT2D eigenvalue weighted by molar-refractivity contribution is 7.99. The Bertz CT molecular complexity index is 470. The lowest BCUT2D eigenvalue weighted by atomic mass is 10.2. The van der Waals surface area contributed by atoms with Crippen LogP contribution in [0.5, 0.6) is 0 Å². The van der Waals surface area contributed by atoms with Crippen molar-refractivity contribution in [1.82, 2.24) is 0 Å². The van der Waals surface area contributed by atoms with E-state index in [2.05, 4.69) is 12.3 Å². The summed E-state index contributed by atoms with van der Waals surface area (Å²) in [6.45, 7) is 2.86. The van der Waals surface area contributed by atoms with Crippen molar-refractivity contribution in [2.45, 2.75) is 30.5 Å². The van der Waals surface area contributed by atoms with E-state index in [0.29, 0.717) is 10.9 Å². The minimum absolute atomic E-state index is 0.0105.